The summed E-state index contributed by atoms with van der Waals surface area (Å²) in [6, 6.07) is 7.36. The number of hydrogen-bond acceptors (Lipinski definition) is 2. The Labute approximate surface area is 131 Å². The first-order valence-electron chi connectivity index (χ1n) is 8.22. The van der Waals surface area contributed by atoms with E-state index in [1.165, 1.54) is 23.1 Å². The van der Waals surface area contributed by atoms with Gasteiger partial charge >= 0.3 is 0 Å². The standard InChI is InChI=1S/C19H33NO/c1-7-12-20-18(10-11-19(4,5)21-6)14-17-9-8-15(2)16(3)13-17/h8-9,13,18,20H,7,10-12,14H2,1-6H3. The number of methoxy groups -OCH3 is 1. The van der Waals surface area contributed by atoms with Gasteiger partial charge in [-0.05, 0) is 76.6 Å². The minimum absolute atomic E-state index is 0.0324. The molecule has 0 radical (unpaired) electrons. The molecule has 1 aromatic rings. The zero-order chi connectivity index (χ0) is 15.9. The molecule has 21 heavy (non-hydrogen) atoms. The predicted octanol–water partition coefficient (Wildman–Crippen LogP) is 4.42. The van der Waals surface area contributed by atoms with E-state index in [0.717, 1.165) is 25.8 Å². The summed E-state index contributed by atoms with van der Waals surface area (Å²) in [6.45, 7) is 12.0. The summed E-state index contributed by atoms with van der Waals surface area (Å²) >= 11 is 0. The third-order valence-electron chi connectivity index (χ3n) is 4.38. The van der Waals surface area contributed by atoms with Crippen molar-refractivity contribution in [3.63, 3.8) is 0 Å². The van der Waals surface area contributed by atoms with Gasteiger partial charge in [0.05, 0.1) is 5.60 Å². The number of benzene rings is 1. The molecule has 0 saturated carbocycles. The van der Waals surface area contributed by atoms with Gasteiger partial charge in [-0.25, -0.2) is 0 Å². The molecule has 0 bridgehead atoms. The molecule has 1 atom stereocenters. The van der Waals surface area contributed by atoms with Gasteiger partial charge < -0.3 is 10.1 Å². The Morgan fingerprint density at radius 3 is 2.48 bits per heavy atom. The van der Waals surface area contributed by atoms with Gasteiger partial charge in [-0.3, -0.25) is 0 Å². The maximum absolute atomic E-state index is 5.55. The summed E-state index contributed by atoms with van der Waals surface area (Å²) < 4.78 is 5.55. The van der Waals surface area contributed by atoms with Crippen LogP contribution in [-0.4, -0.2) is 25.3 Å². The van der Waals surface area contributed by atoms with Gasteiger partial charge in [0.1, 0.15) is 0 Å². The van der Waals surface area contributed by atoms with Crippen LogP contribution in [0.1, 0.15) is 56.7 Å². The Bertz CT molecular complexity index is 426. The zero-order valence-corrected chi connectivity index (χ0v) is 14.8. The molecule has 1 N–H and O–H groups in total. The lowest BCUT2D eigenvalue weighted by molar-refractivity contribution is 0.0117. The Kier molecular flexibility index (Phi) is 7.41. The first-order chi connectivity index (χ1) is 9.88. The molecule has 1 unspecified atom stereocenters. The fraction of sp³-hybridized carbons (Fsp3) is 0.684. The van der Waals surface area contributed by atoms with E-state index in [1.54, 1.807) is 7.11 Å². The van der Waals surface area contributed by atoms with Gasteiger partial charge in [-0.2, -0.15) is 0 Å². The summed E-state index contributed by atoms with van der Waals surface area (Å²) in [5.41, 5.74) is 4.16. The van der Waals surface area contributed by atoms with Crippen molar-refractivity contribution in [1.82, 2.24) is 5.32 Å². The van der Waals surface area contributed by atoms with E-state index in [0.29, 0.717) is 6.04 Å². The summed E-state index contributed by atoms with van der Waals surface area (Å²) in [4.78, 5) is 0. The Morgan fingerprint density at radius 2 is 1.90 bits per heavy atom. The Balaban J connectivity index is 2.66. The monoisotopic (exact) mass is 291 g/mol. The average molecular weight is 291 g/mol. The van der Waals surface area contributed by atoms with E-state index in [9.17, 15) is 0 Å². The number of nitrogens with one attached hydrogen (secondary N) is 1. The third-order valence-corrected chi connectivity index (χ3v) is 4.38. The first kappa shape index (κ1) is 18.2. The van der Waals surface area contributed by atoms with Gasteiger partial charge in [0, 0.05) is 13.2 Å². The van der Waals surface area contributed by atoms with Crippen LogP contribution in [0.3, 0.4) is 0 Å². The molecule has 0 spiro atoms. The summed E-state index contributed by atoms with van der Waals surface area (Å²) in [7, 11) is 1.80. The van der Waals surface area contributed by atoms with Crippen LogP contribution in [-0.2, 0) is 11.2 Å². The van der Waals surface area contributed by atoms with Gasteiger partial charge in [0.15, 0.2) is 0 Å². The fourth-order valence-corrected chi connectivity index (χ4v) is 2.46. The minimum Gasteiger partial charge on any atom is -0.379 e. The van der Waals surface area contributed by atoms with E-state index in [-0.39, 0.29) is 5.60 Å². The van der Waals surface area contributed by atoms with Crippen molar-refractivity contribution < 1.29 is 4.74 Å². The van der Waals surface area contributed by atoms with Crippen LogP contribution in [0.4, 0.5) is 0 Å². The van der Waals surface area contributed by atoms with Gasteiger partial charge in [0.2, 0.25) is 0 Å². The highest BCUT2D eigenvalue weighted by Crippen LogP contribution is 2.19. The van der Waals surface area contributed by atoms with Gasteiger partial charge in [-0.1, -0.05) is 25.1 Å². The lowest BCUT2D eigenvalue weighted by Gasteiger charge is -2.26. The molecule has 0 amide bonds. The highest BCUT2D eigenvalue weighted by atomic mass is 16.5. The molecular weight excluding hydrogens is 258 g/mol. The van der Waals surface area contributed by atoms with Crippen molar-refractivity contribution in [2.24, 2.45) is 0 Å². The van der Waals surface area contributed by atoms with E-state index in [1.807, 2.05) is 0 Å². The van der Waals surface area contributed by atoms with Gasteiger partial charge in [0.25, 0.3) is 0 Å². The van der Waals surface area contributed by atoms with Crippen molar-refractivity contribution in [2.45, 2.75) is 71.9 Å². The quantitative estimate of drug-likeness (QED) is 0.727. The molecule has 0 aliphatic carbocycles. The largest absolute Gasteiger partial charge is 0.379 e. The summed E-state index contributed by atoms with van der Waals surface area (Å²) in [6.07, 6.45) is 4.50. The molecule has 2 nitrogen and oxygen atoms in total. The second-order valence-corrected chi connectivity index (χ2v) is 6.78. The van der Waals surface area contributed by atoms with Crippen molar-refractivity contribution in [3.8, 4) is 0 Å². The van der Waals surface area contributed by atoms with Crippen LogP contribution in [0.5, 0.6) is 0 Å². The molecule has 120 valence electrons. The van der Waals surface area contributed by atoms with E-state index in [2.05, 4.69) is 58.1 Å². The number of aryl methyl sites for hydroxylation is 2. The SMILES string of the molecule is CCCNC(CCC(C)(C)OC)Cc1ccc(C)c(C)c1. The number of rotatable bonds is 9. The zero-order valence-electron chi connectivity index (χ0n) is 14.8. The predicted molar refractivity (Wildman–Crippen MR) is 92.0 cm³/mol. The molecule has 0 heterocycles. The third kappa shape index (κ3) is 6.62. The Hall–Kier alpha value is -0.860. The summed E-state index contributed by atoms with van der Waals surface area (Å²) in [5, 5.41) is 3.69. The second kappa shape index (κ2) is 8.55. The molecule has 1 rings (SSSR count). The second-order valence-electron chi connectivity index (χ2n) is 6.78. The maximum Gasteiger partial charge on any atom is 0.0623 e. The van der Waals surface area contributed by atoms with Gasteiger partial charge in [-0.15, -0.1) is 0 Å². The molecule has 2 heteroatoms. The Morgan fingerprint density at radius 1 is 1.19 bits per heavy atom. The lowest BCUT2D eigenvalue weighted by atomic mass is 9.94. The lowest BCUT2D eigenvalue weighted by Crippen LogP contribution is -2.34. The highest BCUT2D eigenvalue weighted by Gasteiger charge is 2.19. The van der Waals surface area contributed by atoms with E-state index >= 15 is 0 Å². The molecule has 0 saturated heterocycles. The van der Waals surface area contributed by atoms with Crippen molar-refractivity contribution >= 4 is 0 Å². The van der Waals surface area contributed by atoms with Crippen LogP contribution in [0, 0.1) is 13.8 Å². The van der Waals surface area contributed by atoms with Crippen molar-refractivity contribution in [2.75, 3.05) is 13.7 Å². The molecule has 0 aromatic heterocycles. The molecule has 1 aromatic carbocycles. The minimum atomic E-state index is -0.0324. The topological polar surface area (TPSA) is 21.3 Å². The van der Waals surface area contributed by atoms with Crippen LogP contribution >= 0.6 is 0 Å². The van der Waals surface area contributed by atoms with Crippen molar-refractivity contribution in [1.29, 1.82) is 0 Å². The van der Waals surface area contributed by atoms with Crippen LogP contribution in [0.25, 0.3) is 0 Å². The number of ether oxygens (including phenoxy) is 1. The smallest absolute Gasteiger partial charge is 0.0623 e. The molecule has 0 aliphatic rings. The normalized spacial score (nSPS) is 13.4. The molecule has 0 aliphatic heterocycles. The highest BCUT2D eigenvalue weighted by molar-refractivity contribution is 5.30. The first-order valence-corrected chi connectivity index (χ1v) is 8.22. The average Bonchev–Trinajstić information content (AvgIpc) is 2.45. The fourth-order valence-electron chi connectivity index (χ4n) is 2.46. The van der Waals surface area contributed by atoms with E-state index < -0.39 is 0 Å². The van der Waals surface area contributed by atoms with Crippen molar-refractivity contribution in [3.05, 3.63) is 34.9 Å². The van der Waals surface area contributed by atoms with Crippen LogP contribution < -0.4 is 5.32 Å². The molecule has 0 fully saturated rings. The summed E-state index contributed by atoms with van der Waals surface area (Å²) in [5.74, 6) is 0. The molecular formula is C19H33NO. The maximum atomic E-state index is 5.55. The number of hydrogen-bond donors (Lipinski definition) is 1. The van der Waals surface area contributed by atoms with Crippen LogP contribution in [0.15, 0.2) is 18.2 Å². The van der Waals surface area contributed by atoms with Crippen LogP contribution in [0.2, 0.25) is 0 Å². The van der Waals surface area contributed by atoms with E-state index in [4.69, 9.17) is 4.74 Å².